The maximum atomic E-state index is 11.8. The van der Waals surface area contributed by atoms with E-state index >= 15 is 0 Å². The largest absolute Gasteiger partial charge is 0.494 e. The summed E-state index contributed by atoms with van der Waals surface area (Å²) in [7, 11) is 0. The molecule has 0 atom stereocenters. The number of nitrogens with two attached hydrogens (primary N) is 1. The van der Waals surface area contributed by atoms with Gasteiger partial charge in [-0.3, -0.25) is 4.79 Å². The second-order valence-electron chi connectivity index (χ2n) is 4.93. The van der Waals surface area contributed by atoms with Gasteiger partial charge in [0.05, 0.1) is 6.61 Å². The van der Waals surface area contributed by atoms with Gasteiger partial charge in [-0.05, 0) is 44.7 Å². The minimum atomic E-state index is -0.844. The van der Waals surface area contributed by atoms with E-state index in [1.165, 1.54) is 0 Å². The normalized spacial score (nSPS) is 17.7. The Balaban J connectivity index is 2.17. The maximum absolute atomic E-state index is 11.8. The predicted octanol–water partition coefficient (Wildman–Crippen LogP) is 2.65. The van der Waals surface area contributed by atoms with Crippen molar-refractivity contribution in [3.63, 3.8) is 0 Å². The van der Waals surface area contributed by atoms with Gasteiger partial charge in [0.2, 0.25) is 0 Å². The highest BCUT2D eigenvalue weighted by atomic mass is 16.5. The Hall–Kier alpha value is -1.71. The fraction of sp³-hybridized carbons (Fsp3) is 0.533. The lowest BCUT2D eigenvalue weighted by Gasteiger charge is -2.34. The van der Waals surface area contributed by atoms with Gasteiger partial charge in [-0.15, -0.1) is 0 Å². The summed E-state index contributed by atoms with van der Waals surface area (Å²) in [6.07, 6.45) is 4.49. The van der Waals surface area contributed by atoms with E-state index in [0.717, 1.165) is 25.0 Å². The van der Waals surface area contributed by atoms with Crippen molar-refractivity contribution < 1.29 is 14.3 Å². The molecule has 0 aliphatic heterocycles. The molecule has 0 heterocycles. The van der Waals surface area contributed by atoms with Gasteiger partial charge in [0, 0.05) is 6.07 Å². The number of carbonyl (C=O) groups is 1. The van der Waals surface area contributed by atoms with Gasteiger partial charge in [0.25, 0.3) is 5.91 Å². The molecule has 1 aliphatic carbocycles. The van der Waals surface area contributed by atoms with Crippen LogP contribution < -0.4 is 15.2 Å². The number of carbonyl (C=O) groups excluding carboxylic acids is 1. The molecule has 19 heavy (non-hydrogen) atoms. The van der Waals surface area contributed by atoms with E-state index in [1.54, 1.807) is 0 Å². The zero-order valence-corrected chi connectivity index (χ0v) is 11.4. The third kappa shape index (κ3) is 3.19. The first kappa shape index (κ1) is 13.7. The molecule has 104 valence electrons. The molecule has 1 aromatic rings. The molecule has 1 fully saturated rings. The predicted molar refractivity (Wildman–Crippen MR) is 73.2 cm³/mol. The van der Waals surface area contributed by atoms with E-state index in [1.807, 2.05) is 31.2 Å². The first-order valence-corrected chi connectivity index (χ1v) is 6.88. The van der Waals surface area contributed by atoms with E-state index < -0.39 is 5.60 Å². The van der Waals surface area contributed by atoms with Crippen LogP contribution in [0.15, 0.2) is 24.3 Å². The zero-order valence-electron chi connectivity index (χ0n) is 11.4. The highest BCUT2D eigenvalue weighted by molar-refractivity contribution is 5.84. The van der Waals surface area contributed by atoms with Crippen LogP contribution in [0.2, 0.25) is 0 Å². The molecule has 0 bridgehead atoms. The standard InChI is InChI=1S/C15H21NO3/c1-2-18-12-7-6-8-13(11-12)19-15(14(16)17)9-4-3-5-10-15/h6-8,11H,2-5,9-10H2,1H3,(H2,16,17). The minimum Gasteiger partial charge on any atom is -0.494 e. The number of ether oxygens (including phenoxy) is 2. The summed E-state index contributed by atoms with van der Waals surface area (Å²) in [6, 6.07) is 7.37. The van der Waals surface area contributed by atoms with Gasteiger partial charge in [-0.2, -0.15) is 0 Å². The Morgan fingerprint density at radius 3 is 2.58 bits per heavy atom. The van der Waals surface area contributed by atoms with Gasteiger partial charge in [-0.25, -0.2) is 0 Å². The van der Waals surface area contributed by atoms with Crippen molar-refractivity contribution in [2.24, 2.45) is 5.73 Å². The Morgan fingerprint density at radius 2 is 1.95 bits per heavy atom. The van der Waals surface area contributed by atoms with E-state index in [2.05, 4.69) is 0 Å². The molecule has 0 radical (unpaired) electrons. The van der Waals surface area contributed by atoms with Crippen LogP contribution in [0.4, 0.5) is 0 Å². The fourth-order valence-corrected chi connectivity index (χ4v) is 2.54. The summed E-state index contributed by atoms with van der Waals surface area (Å²) >= 11 is 0. The van der Waals surface area contributed by atoms with Crippen LogP contribution in [-0.2, 0) is 4.79 Å². The smallest absolute Gasteiger partial charge is 0.261 e. The quantitative estimate of drug-likeness (QED) is 0.888. The molecule has 4 nitrogen and oxygen atoms in total. The summed E-state index contributed by atoms with van der Waals surface area (Å²) < 4.78 is 11.4. The van der Waals surface area contributed by atoms with Gasteiger partial charge in [-0.1, -0.05) is 12.5 Å². The maximum Gasteiger partial charge on any atom is 0.261 e. The molecule has 1 saturated carbocycles. The first-order chi connectivity index (χ1) is 9.16. The SMILES string of the molecule is CCOc1cccc(OC2(C(N)=O)CCCCC2)c1. The van der Waals surface area contributed by atoms with E-state index in [0.29, 0.717) is 25.2 Å². The van der Waals surface area contributed by atoms with Crippen LogP contribution in [0.5, 0.6) is 11.5 Å². The monoisotopic (exact) mass is 263 g/mol. The zero-order chi connectivity index (χ0) is 13.7. The molecule has 0 unspecified atom stereocenters. The first-order valence-electron chi connectivity index (χ1n) is 6.88. The Kier molecular flexibility index (Phi) is 4.30. The molecule has 0 spiro atoms. The summed E-state index contributed by atoms with van der Waals surface area (Å²) in [6.45, 7) is 2.53. The third-order valence-corrected chi connectivity index (χ3v) is 3.54. The van der Waals surface area contributed by atoms with Crippen LogP contribution in [-0.4, -0.2) is 18.1 Å². The lowest BCUT2D eigenvalue weighted by Crippen LogP contribution is -2.50. The summed E-state index contributed by atoms with van der Waals surface area (Å²) in [5, 5.41) is 0. The van der Waals surface area contributed by atoms with Crippen molar-refractivity contribution in [2.75, 3.05) is 6.61 Å². The fourth-order valence-electron chi connectivity index (χ4n) is 2.54. The average molecular weight is 263 g/mol. The number of amides is 1. The topological polar surface area (TPSA) is 61.6 Å². The van der Waals surface area contributed by atoms with Crippen LogP contribution in [0.3, 0.4) is 0 Å². The molecule has 0 saturated heterocycles. The minimum absolute atomic E-state index is 0.367. The Labute approximate surface area is 113 Å². The lowest BCUT2D eigenvalue weighted by molar-refractivity contribution is -0.136. The van der Waals surface area contributed by atoms with E-state index in [4.69, 9.17) is 15.2 Å². The van der Waals surface area contributed by atoms with Gasteiger partial charge >= 0.3 is 0 Å². The Bertz CT molecular complexity index is 439. The van der Waals surface area contributed by atoms with Crippen LogP contribution in [0.25, 0.3) is 0 Å². The van der Waals surface area contributed by atoms with Crippen molar-refractivity contribution in [3.8, 4) is 11.5 Å². The van der Waals surface area contributed by atoms with E-state index in [-0.39, 0.29) is 5.91 Å². The molecule has 0 aromatic heterocycles. The second-order valence-corrected chi connectivity index (χ2v) is 4.93. The van der Waals surface area contributed by atoms with Crippen LogP contribution >= 0.6 is 0 Å². The summed E-state index contributed by atoms with van der Waals surface area (Å²) in [5.41, 5.74) is 4.71. The average Bonchev–Trinajstić information content (AvgIpc) is 2.40. The van der Waals surface area contributed by atoms with Crippen LogP contribution in [0, 0.1) is 0 Å². The van der Waals surface area contributed by atoms with Crippen molar-refractivity contribution in [1.29, 1.82) is 0 Å². The Morgan fingerprint density at radius 1 is 1.26 bits per heavy atom. The molecular formula is C15H21NO3. The van der Waals surface area contributed by atoms with Crippen molar-refractivity contribution in [2.45, 2.75) is 44.6 Å². The molecular weight excluding hydrogens is 242 g/mol. The number of benzene rings is 1. The number of primary amides is 1. The molecule has 1 aromatic carbocycles. The van der Waals surface area contributed by atoms with Gasteiger partial charge in [0.15, 0.2) is 5.60 Å². The molecule has 1 aliphatic rings. The highest BCUT2D eigenvalue weighted by Crippen LogP contribution is 2.33. The summed E-state index contributed by atoms with van der Waals surface area (Å²) in [5.74, 6) is 1.02. The number of hydrogen-bond donors (Lipinski definition) is 1. The molecule has 2 N–H and O–H groups in total. The number of hydrogen-bond acceptors (Lipinski definition) is 3. The third-order valence-electron chi connectivity index (χ3n) is 3.54. The van der Waals surface area contributed by atoms with Crippen LogP contribution in [0.1, 0.15) is 39.0 Å². The summed E-state index contributed by atoms with van der Waals surface area (Å²) in [4.78, 5) is 11.8. The molecule has 4 heteroatoms. The second kappa shape index (κ2) is 5.95. The van der Waals surface area contributed by atoms with Crippen molar-refractivity contribution in [3.05, 3.63) is 24.3 Å². The van der Waals surface area contributed by atoms with Gasteiger partial charge < -0.3 is 15.2 Å². The van der Waals surface area contributed by atoms with Gasteiger partial charge in [0.1, 0.15) is 11.5 Å². The molecule has 2 rings (SSSR count). The highest BCUT2D eigenvalue weighted by Gasteiger charge is 2.40. The molecule has 1 amide bonds. The number of rotatable bonds is 5. The van der Waals surface area contributed by atoms with E-state index in [9.17, 15) is 4.79 Å². The van der Waals surface area contributed by atoms with Crippen molar-refractivity contribution in [1.82, 2.24) is 0 Å². The lowest BCUT2D eigenvalue weighted by atomic mass is 9.84. The van der Waals surface area contributed by atoms with Crippen molar-refractivity contribution >= 4 is 5.91 Å².